The predicted octanol–water partition coefficient (Wildman–Crippen LogP) is 5.24. The largest absolute Gasteiger partial charge is 0.465 e. The molecule has 2 saturated heterocycles. The van der Waals surface area contributed by atoms with Gasteiger partial charge in [-0.3, -0.25) is 4.90 Å². The first-order valence-electron chi connectivity index (χ1n) is 9.83. The minimum atomic E-state index is -1.03. The molecule has 1 saturated carbocycles. The summed E-state index contributed by atoms with van der Waals surface area (Å²) < 4.78 is 21.2. The maximum Gasteiger partial charge on any atom is 0.415 e. The molecule has 0 aromatic carbocycles. The Labute approximate surface area is 207 Å². The third-order valence-electron chi connectivity index (χ3n) is 5.64. The fraction of sp³-hybridized carbons (Fsp3) is 0.500. The molecule has 0 radical (unpaired) electrons. The van der Waals surface area contributed by atoms with E-state index < -0.39 is 29.6 Å². The number of carbonyl (C=O) groups excluding carboxylic acids is 1. The maximum absolute atomic E-state index is 14.9. The summed E-state index contributed by atoms with van der Waals surface area (Å²) in [6.45, 7) is 5.60. The number of thioether (sulfide) groups is 1. The number of halogens is 3. The number of nitrogens with zero attached hydrogens (tertiary/aromatic N) is 4. The molecule has 0 spiro atoms. The van der Waals surface area contributed by atoms with Crippen molar-refractivity contribution in [3.63, 3.8) is 0 Å². The van der Waals surface area contributed by atoms with Crippen LogP contribution in [-0.2, 0) is 4.74 Å². The van der Waals surface area contributed by atoms with Gasteiger partial charge in [0.2, 0.25) is 0 Å². The molecule has 172 valence electrons. The molecule has 3 atom stereocenters. The van der Waals surface area contributed by atoms with Gasteiger partial charge in [0.25, 0.3) is 0 Å². The molecular formula is C20H21ClFIN4O4S. The van der Waals surface area contributed by atoms with Crippen LogP contribution in [0.3, 0.4) is 0 Å². The van der Waals surface area contributed by atoms with Crippen LogP contribution in [0.1, 0.15) is 27.2 Å². The van der Waals surface area contributed by atoms with Gasteiger partial charge in [-0.05, 0) is 56.0 Å². The number of fused-ring (bicyclic) bond motifs is 2. The van der Waals surface area contributed by atoms with Crippen molar-refractivity contribution in [1.82, 2.24) is 14.9 Å². The van der Waals surface area contributed by atoms with Gasteiger partial charge in [-0.2, -0.15) is 0 Å². The van der Waals surface area contributed by atoms with Crippen molar-refractivity contribution in [3.05, 3.63) is 20.7 Å². The zero-order chi connectivity index (χ0) is 23.5. The standard InChI is InChI=1S/C20H21ClFIN4O4S/c1-20(2,3)31-19(30)27(14-8-5-10(14)26(7-8)18(28)29)15-9-6-24-16(21)11(22)13(9)25-17(32-4)12(15)23/h6,8,10,14H,5,7H2,1-4H3,(H,28,29). The molecule has 2 aromatic heterocycles. The first-order chi connectivity index (χ1) is 14.9. The molecule has 2 aromatic rings. The number of carboxylic acid groups (broad SMARTS) is 1. The second-order valence-electron chi connectivity index (χ2n) is 8.75. The lowest BCUT2D eigenvalue weighted by Crippen LogP contribution is -2.58. The highest BCUT2D eigenvalue weighted by Gasteiger charge is 2.58. The normalized spacial score (nSPS) is 22.1. The Kier molecular flexibility index (Phi) is 6.12. The quantitative estimate of drug-likeness (QED) is 0.295. The highest BCUT2D eigenvalue weighted by molar-refractivity contribution is 14.1. The van der Waals surface area contributed by atoms with Crippen LogP contribution in [0.2, 0.25) is 5.15 Å². The molecule has 12 heteroatoms. The molecule has 2 aliphatic heterocycles. The number of aromatic nitrogens is 2. The van der Waals surface area contributed by atoms with Gasteiger partial charge in [-0.1, -0.05) is 11.6 Å². The predicted molar refractivity (Wildman–Crippen MR) is 128 cm³/mol. The minimum Gasteiger partial charge on any atom is -0.465 e. The van der Waals surface area contributed by atoms with E-state index in [1.165, 1.54) is 27.8 Å². The zero-order valence-corrected chi connectivity index (χ0v) is 21.5. The SMILES string of the molecule is CSc1nc2c(F)c(Cl)ncc2c(N(C(=O)OC(C)(C)C)C2C3CC2N(C(=O)O)C3)c1I. The van der Waals surface area contributed by atoms with E-state index in [2.05, 4.69) is 32.6 Å². The van der Waals surface area contributed by atoms with Crippen LogP contribution < -0.4 is 4.90 Å². The molecule has 2 bridgehead atoms. The second-order valence-corrected chi connectivity index (χ2v) is 11.0. The monoisotopic (exact) mass is 594 g/mol. The fourth-order valence-electron chi connectivity index (χ4n) is 4.34. The van der Waals surface area contributed by atoms with E-state index in [0.29, 0.717) is 32.6 Å². The van der Waals surface area contributed by atoms with Gasteiger partial charge in [0.1, 0.15) is 16.1 Å². The summed E-state index contributed by atoms with van der Waals surface area (Å²) in [5, 5.41) is 10.1. The van der Waals surface area contributed by atoms with E-state index in [-0.39, 0.29) is 22.6 Å². The topological polar surface area (TPSA) is 95.9 Å². The van der Waals surface area contributed by atoms with Crippen LogP contribution in [0.25, 0.3) is 10.9 Å². The van der Waals surface area contributed by atoms with E-state index in [1.54, 1.807) is 27.0 Å². The summed E-state index contributed by atoms with van der Waals surface area (Å²) in [7, 11) is 0. The average Bonchev–Trinajstić information content (AvgIpc) is 3.28. The van der Waals surface area contributed by atoms with Crippen molar-refractivity contribution in [3.8, 4) is 0 Å². The fourth-order valence-corrected chi connectivity index (χ4v) is 6.27. The Bertz CT molecular complexity index is 1130. The number of carbonyl (C=O) groups is 2. The van der Waals surface area contributed by atoms with Crippen LogP contribution in [0.5, 0.6) is 0 Å². The number of hydrogen-bond donors (Lipinski definition) is 1. The molecule has 8 nitrogen and oxygen atoms in total. The van der Waals surface area contributed by atoms with Crippen molar-refractivity contribution >= 4 is 74.7 Å². The Morgan fingerprint density at radius 3 is 2.69 bits per heavy atom. The third-order valence-corrected chi connectivity index (χ3v) is 7.97. The molecule has 3 aliphatic rings. The number of pyridine rings is 2. The summed E-state index contributed by atoms with van der Waals surface area (Å²) >= 11 is 9.29. The van der Waals surface area contributed by atoms with Crippen LogP contribution in [-0.4, -0.2) is 62.6 Å². The first kappa shape index (κ1) is 23.6. The molecule has 3 fully saturated rings. The zero-order valence-electron chi connectivity index (χ0n) is 17.7. The van der Waals surface area contributed by atoms with E-state index in [9.17, 15) is 19.1 Å². The van der Waals surface area contributed by atoms with Gasteiger partial charge in [0.05, 0.1) is 21.3 Å². The molecule has 32 heavy (non-hydrogen) atoms. The molecule has 1 aliphatic carbocycles. The van der Waals surface area contributed by atoms with Crippen LogP contribution in [0.15, 0.2) is 11.2 Å². The smallest absolute Gasteiger partial charge is 0.415 e. The Morgan fingerprint density at radius 2 is 2.12 bits per heavy atom. The third kappa shape index (κ3) is 3.85. The average molecular weight is 595 g/mol. The number of rotatable bonds is 3. The number of ether oxygens (including phenoxy) is 1. The number of amides is 2. The van der Waals surface area contributed by atoms with Crippen molar-refractivity contribution in [2.24, 2.45) is 5.92 Å². The van der Waals surface area contributed by atoms with E-state index in [0.717, 1.165) is 0 Å². The molecule has 2 amide bonds. The lowest BCUT2D eigenvalue weighted by molar-refractivity contribution is 0.0517. The maximum atomic E-state index is 14.9. The molecule has 3 unspecified atom stereocenters. The van der Waals surface area contributed by atoms with Gasteiger partial charge in [0.15, 0.2) is 11.0 Å². The summed E-state index contributed by atoms with van der Waals surface area (Å²) in [4.78, 5) is 36.4. The van der Waals surface area contributed by atoms with Crippen molar-refractivity contribution in [2.75, 3.05) is 17.7 Å². The van der Waals surface area contributed by atoms with E-state index in [1.807, 2.05) is 0 Å². The van der Waals surface area contributed by atoms with Gasteiger partial charge in [-0.15, -0.1) is 11.8 Å². The minimum absolute atomic E-state index is 0.0000794. The van der Waals surface area contributed by atoms with Crippen molar-refractivity contribution < 1.29 is 23.8 Å². The first-order valence-corrected chi connectivity index (χ1v) is 12.5. The summed E-state index contributed by atoms with van der Waals surface area (Å²) in [6, 6.07) is -0.805. The number of anilines is 1. The summed E-state index contributed by atoms with van der Waals surface area (Å²) in [6.07, 6.45) is 2.20. The molecule has 1 N–H and O–H groups in total. The lowest BCUT2D eigenvalue weighted by Gasteiger charge is -2.44. The summed E-state index contributed by atoms with van der Waals surface area (Å²) in [5.41, 5.74) is -0.377. The Balaban J connectivity index is 1.94. The highest BCUT2D eigenvalue weighted by Crippen LogP contribution is 2.49. The van der Waals surface area contributed by atoms with Gasteiger partial charge in [-0.25, -0.2) is 23.9 Å². The van der Waals surface area contributed by atoms with Gasteiger partial charge < -0.3 is 14.7 Å². The van der Waals surface area contributed by atoms with Gasteiger partial charge >= 0.3 is 12.2 Å². The number of hydrogen-bond acceptors (Lipinski definition) is 6. The van der Waals surface area contributed by atoms with Gasteiger partial charge in [0, 0.05) is 24.0 Å². The van der Waals surface area contributed by atoms with E-state index in [4.69, 9.17) is 16.3 Å². The molecular weight excluding hydrogens is 574 g/mol. The van der Waals surface area contributed by atoms with Crippen LogP contribution >= 0.6 is 46.0 Å². The Hall–Kier alpha value is -1.60. The highest BCUT2D eigenvalue weighted by atomic mass is 127. The van der Waals surface area contributed by atoms with Crippen LogP contribution in [0, 0.1) is 15.3 Å². The van der Waals surface area contributed by atoms with Crippen molar-refractivity contribution in [2.45, 2.75) is 49.9 Å². The second kappa shape index (κ2) is 8.32. The van der Waals surface area contributed by atoms with E-state index >= 15 is 0 Å². The summed E-state index contributed by atoms with van der Waals surface area (Å²) in [5.74, 6) is -0.824. The Morgan fingerprint density at radius 1 is 1.44 bits per heavy atom. The van der Waals surface area contributed by atoms with Crippen LogP contribution in [0.4, 0.5) is 19.7 Å². The van der Waals surface area contributed by atoms with Crippen molar-refractivity contribution in [1.29, 1.82) is 0 Å². The molecule has 5 rings (SSSR count). The molecule has 4 heterocycles. The lowest BCUT2D eigenvalue weighted by atomic mass is 9.78.